The van der Waals surface area contributed by atoms with Crippen LogP contribution in [0.15, 0.2) is 78.2 Å². The first kappa shape index (κ1) is 21.3. The number of halogens is 1. The van der Waals surface area contributed by atoms with Crippen LogP contribution in [-0.2, 0) is 11.2 Å². The molecule has 0 fully saturated rings. The highest BCUT2D eigenvalue weighted by atomic mass is 35.5. The SMILES string of the molecule is COc1ccccc1C1C(C#N)=C(N)Oc2cc(OC(=O)Cc3ccc(Cl)cc3)ccc21. The maximum atomic E-state index is 12.4. The Morgan fingerprint density at radius 1 is 1.12 bits per heavy atom. The molecule has 160 valence electrons. The zero-order valence-corrected chi connectivity index (χ0v) is 17.9. The Labute approximate surface area is 190 Å². The summed E-state index contributed by atoms with van der Waals surface area (Å²) in [5.74, 6) is 0.457. The first-order valence-corrected chi connectivity index (χ1v) is 10.2. The van der Waals surface area contributed by atoms with E-state index in [0.29, 0.717) is 22.3 Å². The molecule has 1 atom stereocenters. The van der Waals surface area contributed by atoms with Crippen LogP contribution in [-0.4, -0.2) is 13.1 Å². The van der Waals surface area contributed by atoms with Crippen LogP contribution in [0.3, 0.4) is 0 Å². The number of allylic oxidation sites excluding steroid dienone is 1. The van der Waals surface area contributed by atoms with Crippen LogP contribution in [0.2, 0.25) is 5.02 Å². The first-order valence-electron chi connectivity index (χ1n) is 9.79. The molecule has 3 aromatic carbocycles. The molecule has 0 amide bonds. The molecule has 0 spiro atoms. The van der Waals surface area contributed by atoms with Crippen molar-refractivity contribution >= 4 is 17.6 Å². The smallest absolute Gasteiger partial charge is 0.315 e. The molecule has 4 rings (SSSR count). The molecule has 7 heteroatoms. The third-order valence-corrected chi connectivity index (χ3v) is 5.39. The number of carbonyl (C=O) groups is 1. The largest absolute Gasteiger partial charge is 0.496 e. The maximum absolute atomic E-state index is 12.4. The number of nitrogens with zero attached hydrogens (tertiary/aromatic N) is 1. The van der Waals surface area contributed by atoms with Crippen LogP contribution in [0.5, 0.6) is 17.2 Å². The van der Waals surface area contributed by atoms with E-state index in [4.69, 9.17) is 31.5 Å². The van der Waals surface area contributed by atoms with Crippen molar-refractivity contribution < 1.29 is 19.0 Å². The number of benzene rings is 3. The summed E-state index contributed by atoms with van der Waals surface area (Å²) in [5, 5.41) is 10.3. The molecule has 32 heavy (non-hydrogen) atoms. The Balaban J connectivity index is 1.64. The summed E-state index contributed by atoms with van der Waals surface area (Å²) >= 11 is 5.88. The average Bonchev–Trinajstić information content (AvgIpc) is 2.79. The summed E-state index contributed by atoms with van der Waals surface area (Å²) in [4.78, 5) is 12.4. The topological polar surface area (TPSA) is 94.6 Å². The molecule has 3 aromatic rings. The van der Waals surface area contributed by atoms with Gasteiger partial charge in [0.05, 0.1) is 19.4 Å². The number of carbonyl (C=O) groups excluding carboxylic acids is 1. The number of nitriles is 1. The number of methoxy groups -OCH3 is 1. The highest BCUT2D eigenvalue weighted by Gasteiger charge is 2.32. The van der Waals surface area contributed by atoms with Gasteiger partial charge in [-0.3, -0.25) is 4.79 Å². The second-order valence-corrected chi connectivity index (χ2v) is 7.58. The standard InChI is InChI=1S/C25H19ClN2O4/c1-30-21-5-3-2-4-18(21)24-19-11-10-17(13-22(19)32-25(28)20(24)14-27)31-23(29)12-15-6-8-16(26)9-7-15/h2-11,13,24H,12,28H2,1H3. The number of esters is 1. The van der Waals surface area contributed by atoms with Gasteiger partial charge in [0.1, 0.15) is 28.9 Å². The highest BCUT2D eigenvalue weighted by Crippen LogP contribution is 2.45. The fourth-order valence-corrected chi connectivity index (χ4v) is 3.79. The number of hydrogen-bond acceptors (Lipinski definition) is 6. The summed E-state index contributed by atoms with van der Waals surface area (Å²) in [6.07, 6.45) is 0.0968. The molecule has 0 bridgehead atoms. The second-order valence-electron chi connectivity index (χ2n) is 7.14. The normalized spacial score (nSPS) is 14.7. The van der Waals surface area contributed by atoms with Crippen molar-refractivity contribution in [3.63, 3.8) is 0 Å². The van der Waals surface area contributed by atoms with Gasteiger partial charge in [0.15, 0.2) is 0 Å². The lowest BCUT2D eigenvalue weighted by molar-refractivity contribution is -0.133. The molecule has 1 aliphatic rings. The monoisotopic (exact) mass is 446 g/mol. The fourth-order valence-electron chi connectivity index (χ4n) is 3.66. The Bertz CT molecular complexity index is 1250. The van der Waals surface area contributed by atoms with E-state index in [1.54, 1.807) is 49.6 Å². The average molecular weight is 447 g/mol. The van der Waals surface area contributed by atoms with Gasteiger partial charge in [0.2, 0.25) is 5.88 Å². The summed E-state index contributed by atoms with van der Waals surface area (Å²) in [6.45, 7) is 0. The minimum atomic E-state index is -0.473. The van der Waals surface area contributed by atoms with Gasteiger partial charge in [-0.2, -0.15) is 5.26 Å². The van der Waals surface area contributed by atoms with Gasteiger partial charge >= 0.3 is 5.97 Å². The summed E-state index contributed by atoms with van der Waals surface area (Å²) in [5.41, 5.74) is 8.64. The van der Waals surface area contributed by atoms with E-state index < -0.39 is 11.9 Å². The third-order valence-electron chi connectivity index (χ3n) is 5.13. The molecule has 0 radical (unpaired) electrons. The van der Waals surface area contributed by atoms with E-state index >= 15 is 0 Å². The van der Waals surface area contributed by atoms with E-state index in [-0.39, 0.29) is 17.9 Å². The third kappa shape index (κ3) is 4.25. The first-order chi connectivity index (χ1) is 15.5. The van der Waals surface area contributed by atoms with Crippen LogP contribution >= 0.6 is 11.6 Å². The molecular formula is C25H19ClN2O4. The number of rotatable bonds is 5. The molecule has 2 N–H and O–H groups in total. The number of fused-ring (bicyclic) bond motifs is 1. The predicted molar refractivity (Wildman–Crippen MR) is 120 cm³/mol. The van der Waals surface area contributed by atoms with Gasteiger partial charge in [-0.25, -0.2) is 0 Å². The van der Waals surface area contributed by atoms with E-state index in [0.717, 1.165) is 16.7 Å². The van der Waals surface area contributed by atoms with Crippen LogP contribution in [0.4, 0.5) is 0 Å². The van der Waals surface area contributed by atoms with Gasteiger partial charge in [0.25, 0.3) is 0 Å². The number of ether oxygens (including phenoxy) is 3. The van der Waals surface area contributed by atoms with E-state index in [1.165, 1.54) is 0 Å². The van der Waals surface area contributed by atoms with Crippen LogP contribution in [0.25, 0.3) is 0 Å². The Kier molecular flexibility index (Phi) is 6.02. The molecule has 1 unspecified atom stereocenters. The van der Waals surface area contributed by atoms with Crippen LogP contribution < -0.4 is 19.9 Å². The van der Waals surface area contributed by atoms with Crippen molar-refractivity contribution in [3.05, 3.63) is 99.9 Å². The lowest BCUT2D eigenvalue weighted by Gasteiger charge is -2.27. The van der Waals surface area contributed by atoms with Gasteiger partial charge in [-0.15, -0.1) is 0 Å². The number of nitrogens with two attached hydrogens (primary N) is 1. The minimum absolute atomic E-state index is 0.000506. The van der Waals surface area contributed by atoms with Crippen molar-refractivity contribution in [3.8, 4) is 23.3 Å². The van der Waals surface area contributed by atoms with E-state index in [9.17, 15) is 10.1 Å². The van der Waals surface area contributed by atoms with E-state index in [1.807, 2.05) is 24.3 Å². The second kappa shape index (κ2) is 9.04. The Morgan fingerprint density at radius 2 is 1.88 bits per heavy atom. The molecule has 0 aliphatic carbocycles. The minimum Gasteiger partial charge on any atom is -0.496 e. The van der Waals surface area contributed by atoms with Crippen molar-refractivity contribution in [2.75, 3.05) is 7.11 Å². The molecule has 0 saturated heterocycles. The maximum Gasteiger partial charge on any atom is 0.315 e. The molecule has 6 nitrogen and oxygen atoms in total. The number of hydrogen-bond donors (Lipinski definition) is 1. The molecule has 1 heterocycles. The van der Waals surface area contributed by atoms with Crippen molar-refractivity contribution in [2.24, 2.45) is 5.73 Å². The van der Waals surface area contributed by atoms with Crippen LogP contribution in [0, 0.1) is 11.3 Å². The van der Waals surface area contributed by atoms with Gasteiger partial charge in [-0.05, 0) is 29.8 Å². The predicted octanol–water partition coefficient (Wildman–Crippen LogP) is 4.71. The Hall–Kier alpha value is -3.95. The molecule has 0 saturated carbocycles. The van der Waals surface area contributed by atoms with Gasteiger partial charge < -0.3 is 19.9 Å². The summed E-state index contributed by atoms with van der Waals surface area (Å²) in [7, 11) is 1.57. The van der Waals surface area contributed by atoms with Gasteiger partial charge in [-0.1, -0.05) is 48.0 Å². The quantitative estimate of drug-likeness (QED) is 0.450. The summed E-state index contributed by atoms with van der Waals surface area (Å²) in [6, 6.07) is 21.6. The van der Waals surface area contributed by atoms with Crippen molar-refractivity contribution in [1.29, 1.82) is 5.26 Å². The zero-order chi connectivity index (χ0) is 22.7. The lowest BCUT2D eigenvalue weighted by Crippen LogP contribution is -2.21. The number of para-hydroxylation sites is 1. The van der Waals surface area contributed by atoms with Gasteiger partial charge in [0, 0.05) is 22.2 Å². The zero-order valence-electron chi connectivity index (χ0n) is 17.2. The molecule has 0 aromatic heterocycles. The van der Waals surface area contributed by atoms with Crippen LogP contribution in [0.1, 0.15) is 22.6 Å². The Morgan fingerprint density at radius 3 is 2.59 bits per heavy atom. The molecule has 1 aliphatic heterocycles. The van der Waals surface area contributed by atoms with Crippen molar-refractivity contribution in [2.45, 2.75) is 12.3 Å². The van der Waals surface area contributed by atoms with Crippen molar-refractivity contribution in [1.82, 2.24) is 0 Å². The lowest BCUT2D eigenvalue weighted by atomic mass is 9.83. The molecular weight excluding hydrogens is 428 g/mol. The highest BCUT2D eigenvalue weighted by molar-refractivity contribution is 6.30. The van der Waals surface area contributed by atoms with E-state index in [2.05, 4.69) is 6.07 Å². The summed E-state index contributed by atoms with van der Waals surface area (Å²) < 4.78 is 16.7. The fraction of sp³-hybridized carbons (Fsp3) is 0.120.